The Hall–Kier alpha value is -4.00. The van der Waals surface area contributed by atoms with Gasteiger partial charge in [0.2, 0.25) is 0 Å². The van der Waals surface area contributed by atoms with Gasteiger partial charge in [-0.2, -0.15) is 0 Å². The van der Waals surface area contributed by atoms with Gasteiger partial charge in [0.1, 0.15) is 5.82 Å². The molecule has 0 aliphatic rings. The second-order valence-corrected chi connectivity index (χ2v) is 7.99. The fourth-order valence-corrected chi connectivity index (χ4v) is 4.05. The number of hydrogen-bond donors (Lipinski definition) is 1. The largest absolute Gasteiger partial charge is 0.465 e. The number of nitrogens with one attached hydrogen (secondary N) is 1. The van der Waals surface area contributed by atoms with Gasteiger partial charge in [-0.3, -0.25) is 9.78 Å². The number of hydrogen-bond acceptors (Lipinski definition) is 5. The van der Waals surface area contributed by atoms with Crippen LogP contribution in [0.4, 0.5) is 10.1 Å². The van der Waals surface area contributed by atoms with E-state index in [2.05, 4.69) is 10.3 Å². The number of aromatic nitrogens is 2. The summed E-state index contributed by atoms with van der Waals surface area (Å²) in [5.41, 5.74) is 4.03. The zero-order valence-electron chi connectivity index (χ0n) is 18.8. The number of benzene rings is 2. The first-order chi connectivity index (χ1) is 15.8. The van der Waals surface area contributed by atoms with Crippen molar-refractivity contribution in [3.05, 3.63) is 93.8 Å². The number of aryl methyl sites for hydroxylation is 1. The first kappa shape index (κ1) is 22.2. The summed E-state index contributed by atoms with van der Waals surface area (Å²) in [5, 5.41) is 4.71. The first-order valence-corrected chi connectivity index (χ1v) is 10.5. The molecule has 168 valence electrons. The minimum atomic E-state index is -0.464. The van der Waals surface area contributed by atoms with Crippen LogP contribution in [0.1, 0.15) is 34.5 Å². The predicted octanol–water partition coefficient (Wildman–Crippen LogP) is 5.01. The lowest BCUT2D eigenvalue weighted by Gasteiger charge is -2.21. The fourth-order valence-electron chi connectivity index (χ4n) is 4.05. The lowest BCUT2D eigenvalue weighted by atomic mass is 9.96. The lowest BCUT2D eigenvalue weighted by molar-refractivity contribution is 0.0601. The molecule has 33 heavy (non-hydrogen) atoms. The zero-order valence-corrected chi connectivity index (χ0v) is 18.8. The van der Waals surface area contributed by atoms with E-state index >= 15 is 0 Å². The van der Waals surface area contributed by atoms with Gasteiger partial charge < -0.3 is 14.6 Å². The standard InChI is InChI=1S/C26H24FN3O3/c1-15-11-20(16(2)29-23-14-28-10-9-19(23)26(32)33-4)21-13-24(17-5-7-18(27)8-6-17)30(3)25(31)22(21)12-15/h5-14,16,29H,1-4H3. The van der Waals surface area contributed by atoms with Gasteiger partial charge in [0.25, 0.3) is 5.56 Å². The van der Waals surface area contributed by atoms with E-state index in [1.165, 1.54) is 25.4 Å². The molecule has 1 N–H and O–H groups in total. The number of halogens is 1. The highest BCUT2D eigenvalue weighted by Crippen LogP contribution is 2.31. The molecule has 0 saturated carbocycles. The molecule has 0 amide bonds. The Morgan fingerprint density at radius 2 is 1.85 bits per heavy atom. The van der Waals surface area contributed by atoms with Crippen molar-refractivity contribution < 1.29 is 13.9 Å². The van der Waals surface area contributed by atoms with Gasteiger partial charge in [0.15, 0.2) is 0 Å². The van der Waals surface area contributed by atoms with Crippen molar-refractivity contribution in [2.45, 2.75) is 19.9 Å². The van der Waals surface area contributed by atoms with Crippen LogP contribution in [-0.4, -0.2) is 22.6 Å². The van der Waals surface area contributed by atoms with Crippen LogP contribution in [-0.2, 0) is 11.8 Å². The Morgan fingerprint density at radius 1 is 1.12 bits per heavy atom. The van der Waals surface area contributed by atoms with E-state index in [4.69, 9.17) is 4.74 Å². The molecule has 7 heteroatoms. The molecule has 1 atom stereocenters. The third kappa shape index (κ3) is 4.22. The highest BCUT2D eigenvalue weighted by Gasteiger charge is 2.18. The monoisotopic (exact) mass is 445 g/mol. The van der Waals surface area contributed by atoms with Crippen LogP contribution in [0.25, 0.3) is 22.0 Å². The molecule has 2 aromatic carbocycles. The third-order valence-electron chi connectivity index (χ3n) is 5.74. The summed E-state index contributed by atoms with van der Waals surface area (Å²) < 4.78 is 19.9. The first-order valence-electron chi connectivity index (χ1n) is 10.5. The van der Waals surface area contributed by atoms with Crippen molar-refractivity contribution in [1.29, 1.82) is 0 Å². The van der Waals surface area contributed by atoms with Crippen LogP contribution in [0.15, 0.2) is 65.7 Å². The molecule has 0 radical (unpaired) electrons. The number of carbonyl (C=O) groups excluding carboxylic acids is 1. The maximum Gasteiger partial charge on any atom is 0.340 e. The molecule has 0 spiro atoms. The smallest absolute Gasteiger partial charge is 0.340 e. The maximum absolute atomic E-state index is 13.5. The lowest BCUT2D eigenvalue weighted by Crippen LogP contribution is -2.20. The van der Waals surface area contributed by atoms with E-state index < -0.39 is 5.97 Å². The van der Waals surface area contributed by atoms with Gasteiger partial charge in [-0.25, -0.2) is 9.18 Å². The van der Waals surface area contributed by atoms with Crippen LogP contribution in [0.3, 0.4) is 0 Å². The van der Waals surface area contributed by atoms with Crippen molar-refractivity contribution in [2.75, 3.05) is 12.4 Å². The molecule has 1 unspecified atom stereocenters. The second-order valence-electron chi connectivity index (χ2n) is 7.99. The van der Waals surface area contributed by atoms with Gasteiger partial charge >= 0.3 is 5.97 Å². The normalized spacial score (nSPS) is 11.9. The summed E-state index contributed by atoms with van der Waals surface area (Å²) in [6.07, 6.45) is 3.10. The topological polar surface area (TPSA) is 73.2 Å². The van der Waals surface area contributed by atoms with Crippen molar-refractivity contribution >= 4 is 22.4 Å². The Balaban J connectivity index is 1.87. The Kier molecular flexibility index (Phi) is 5.96. The molecule has 0 bridgehead atoms. The number of pyridine rings is 2. The van der Waals surface area contributed by atoms with E-state index in [-0.39, 0.29) is 17.4 Å². The van der Waals surface area contributed by atoms with Gasteiger partial charge in [-0.15, -0.1) is 0 Å². The molecule has 0 fully saturated rings. The summed E-state index contributed by atoms with van der Waals surface area (Å²) in [7, 11) is 3.04. The Labute approximate surface area is 190 Å². The van der Waals surface area contributed by atoms with E-state index in [9.17, 15) is 14.0 Å². The number of carbonyl (C=O) groups is 1. The summed E-state index contributed by atoms with van der Waals surface area (Å²) in [6, 6.07) is 13.2. The minimum absolute atomic E-state index is 0.138. The number of rotatable bonds is 5. The average Bonchev–Trinajstić information content (AvgIpc) is 2.81. The number of nitrogens with zero attached hydrogens (tertiary/aromatic N) is 2. The SMILES string of the molecule is COC(=O)c1ccncc1NC(C)c1cc(C)cc2c(=O)n(C)c(-c3ccc(F)cc3)cc12. The summed E-state index contributed by atoms with van der Waals surface area (Å²) in [4.78, 5) is 29.5. The highest BCUT2D eigenvalue weighted by atomic mass is 19.1. The van der Waals surface area contributed by atoms with Crippen molar-refractivity contribution in [2.24, 2.45) is 7.05 Å². The highest BCUT2D eigenvalue weighted by molar-refractivity contribution is 5.95. The second kappa shape index (κ2) is 8.86. The van der Waals surface area contributed by atoms with Crippen LogP contribution in [0, 0.1) is 12.7 Å². The zero-order chi connectivity index (χ0) is 23.7. The molecule has 2 heterocycles. The third-order valence-corrected chi connectivity index (χ3v) is 5.74. The maximum atomic E-state index is 13.5. The molecule has 4 aromatic rings. The van der Waals surface area contributed by atoms with Crippen molar-refractivity contribution in [3.8, 4) is 11.3 Å². The molecular weight excluding hydrogens is 421 g/mol. The fraction of sp³-hybridized carbons (Fsp3) is 0.192. The van der Waals surface area contributed by atoms with Crippen LogP contribution < -0.4 is 10.9 Å². The van der Waals surface area contributed by atoms with E-state index in [1.54, 1.807) is 36.0 Å². The molecule has 4 rings (SSSR count). The molecule has 0 aliphatic heterocycles. The summed E-state index contributed by atoms with van der Waals surface area (Å²) >= 11 is 0. The Bertz CT molecular complexity index is 1410. The van der Waals surface area contributed by atoms with E-state index in [1.807, 2.05) is 32.0 Å². The number of anilines is 1. The number of methoxy groups -OCH3 is 1. The molecule has 2 aromatic heterocycles. The van der Waals surface area contributed by atoms with Gasteiger partial charge in [0.05, 0.1) is 30.3 Å². The van der Waals surface area contributed by atoms with Gasteiger partial charge in [-0.1, -0.05) is 6.07 Å². The number of esters is 1. The van der Waals surface area contributed by atoms with Crippen LogP contribution in [0.5, 0.6) is 0 Å². The van der Waals surface area contributed by atoms with Crippen molar-refractivity contribution in [1.82, 2.24) is 9.55 Å². The Morgan fingerprint density at radius 3 is 2.55 bits per heavy atom. The quantitative estimate of drug-likeness (QED) is 0.437. The molecule has 0 aliphatic carbocycles. The molecule has 0 saturated heterocycles. The van der Waals surface area contributed by atoms with Crippen LogP contribution in [0.2, 0.25) is 0 Å². The molecular formula is C26H24FN3O3. The molecule has 6 nitrogen and oxygen atoms in total. The summed E-state index contributed by atoms with van der Waals surface area (Å²) in [6.45, 7) is 3.89. The summed E-state index contributed by atoms with van der Waals surface area (Å²) in [5.74, 6) is -0.801. The van der Waals surface area contributed by atoms with E-state index in [0.29, 0.717) is 22.3 Å². The van der Waals surface area contributed by atoms with E-state index in [0.717, 1.165) is 22.1 Å². The average molecular weight is 445 g/mol. The van der Waals surface area contributed by atoms with Gasteiger partial charge in [-0.05, 0) is 78.4 Å². The van der Waals surface area contributed by atoms with Gasteiger partial charge in [0, 0.05) is 24.7 Å². The number of fused-ring (bicyclic) bond motifs is 1. The predicted molar refractivity (Wildman–Crippen MR) is 127 cm³/mol. The van der Waals surface area contributed by atoms with Crippen LogP contribution >= 0.6 is 0 Å². The van der Waals surface area contributed by atoms with Crippen molar-refractivity contribution in [3.63, 3.8) is 0 Å². The number of ether oxygens (including phenoxy) is 1. The minimum Gasteiger partial charge on any atom is -0.465 e.